The number of amides is 3. The highest BCUT2D eigenvalue weighted by Crippen LogP contribution is 2.54. The highest BCUT2D eigenvalue weighted by Gasteiger charge is 2.56. The van der Waals surface area contributed by atoms with Crippen LogP contribution in [0.15, 0.2) is 88.7 Å². The van der Waals surface area contributed by atoms with Crippen molar-refractivity contribution in [2.24, 2.45) is 5.92 Å². The molecule has 0 radical (unpaired) electrons. The number of fused-ring (bicyclic) bond motifs is 2. The number of carbonyl (C=O) groups excluding carboxylic acids is 3. The number of benzene rings is 3. The van der Waals surface area contributed by atoms with Gasteiger partial charge in [-0.25, -0.2) is 4.90 Å². The minimum absolute atomic E-state index is 0.157. The number of non-ortho nitro benzene ring substituents is 1. The Labute approximate surface area is 266 Å². The predicted molar refractivity (Wildman–Crippen MR) is 174 cm³/mol. The lowest BCUT2D eigenvalue weighted by atomic mass is 9.83. The number of nitro benzene ring substituents is 1. The molecule has 4 aromatic rings. The number of rotatable bonds is 9. The van der Waals surface area contributed by atoms with Crippen LogP contribution >= 0.6 is 23.1 Å². The summed E-state index contributed by atoms with van der Waals surface area (Å²) in [6, 6.07) is 22.0. The summed E-state index contributed by atoms with van der Waals surface area (Å²) >= 11 is 2.10. The third-order valence-corrected chi connectivity index (χ3v) is 10.7. The molecule has 3 amide bonds. The SMILES string of the molecule is CCN(CC)c1ccc([C@H]2c3sc(=O)n(CC(=O)Nc4ccccc4)c3SC3C(=O)N(c4ccc([N+](=O)[O-])cc4)C(=O)C32)cc1. The molecule has 1 saturated heterocycles. The summed E-state index contributed by atoms with van der Waals surface area (Å²) in [5, 5.41) is 13.6. The van der Waals surface area contributed by atoms with E-state index in [4.69, 9.17) is 0 Å². The van der Waals surface area contributed by atoms with Crippen LogP contribution in [0.3, 0.4) is 0 Å². The second-order valence-electron chi connectivity index (χ2n) is 10.6. The number of imide groups is 1. The molecule has 1 aromatic heterocycles. The normalized spacial score (nSPS) is 18.8. The average molecular weight is 644 g/mol. The van der Waals surface area contributed by atoms with E-state index in [1.807, 2.05) is 30.3 Å². The first-order valence-corrected chi connectivity index (χ1v) is 16.1. The van der Waals surface area contributed by atoms with Gasteiger partial charge in [0.25, 0.3) is 5.69 Å². The molecule has 45 heavy (non-hydrogen) atoms. The molecule has 2 aliphatic heterocycles. The van der Waals surface area contributed by atoms with Crippen molar-refractivity contribution in [1.29, 1.82) is 0 Å². The minimum atomic E-state index is -0.870. The lowest BCUT2D eigenvalue weighted by molar-refractivity contribution is -0.384. The fourth-order valence-corrected chi connectivity index (χ4v) is 8.71. The smallest absolute Gasteiger partial charge is 0.308 e. The zero-order valence-electron chi connectivity index (χ0n) is 24.4. The zero-order chi connectivity index (χ0) is 31.8. The molecule has 2 unspecified atom stereocenters. The summed E-state index contributed by atoms with van der Waals surface area (Å²) in [5.74, 6) is -2.75. The Bertz CT molecular complexity index is 1830. The quantitative estimate of drug-likeness (QED) is 0.151. The van der Waals surface area contributed by atoms with E-state index in [-0.39, 0.29) is 22.8 Å². The van der Waals surface area contributed by atoms with E-state index >= 15 is 0 Å². The molecule has 1 N–H and O–H groups in total. The van der Waals surface area contributed by atoms with Crippen LogP contribution in [0.1, 0.15) is 30.2 Å². The molecular weight excluding hydrogens is 615 g/mol. The van der Waals surface area contributed by atoms with Crippen LogP contribution in [-0.4, -0.2) is 45.6 Å². The highest BCUT2D eigenvalue weighted by atomic mass is 32.2. The Morgan fingerprint density at radius 1 is 0.933 bits per heavy atom. The van der Waals surface area contributed by atoms with Gasteiger partial charge >= 0.3 is 4.87 Å². The van der Waals surface area contributed by atoms with E-state index in [0.717, 1.165) is 52.3 Å². The maximum atomic E-state index is 14.1. The van der Waals surface area contributed by atoms with Gasteiger partial charge in [-0.15, -0.1) is 0 Å². The average Bonchev–Trinajstić information content (AvgIpc) is 3.48. The first kappa shape index (κ1) is 30.3. The lowest BCUT2D eigenvalue weighted by Crippen LogP contribution is -2.33. The van der Waals surface area contributed by atoms with E-state index in [2.05, 4.69) is 24.1 Å². The maximum absolute atomic E-state index is 14.1. The Balaban J connectivity index is 1.41. The highest BCUT2D eigenvalue weighted by molar-refractivity contribution is 8.00. The molecule has 0 aliphatic carbocycles. The number of nitrogens with one attached hydrogen (secondary N) is 1. The molecule has 0 spiro atoms. The lowest BCUT2D eigenvalue weighted by Gasteiger charge is -2.31. The molecule has 3 heterocycles. The number of aromatic nitrogens is 1. The van der Waals surface area contributed by atoms with Gasteiger partial charge in [0.2, 0.25) is 17.7 Å². The van der Waals surface area contributed by atoms with Gasteiger partial charge in [0.05, 0.1) is 21.6 Å². The fourth-order valence-electron chi connectivity index (χ4n) is 5.94. The van der Waals surface area contributed by atoms with Crippen molar-refractivity contribution in [3.63, 3.8) is 0 Å². The fraction of sp³-hybridized carbons (Fsp3) is 0.250. The number of thioether (sulfide) groups is 1. The molecule has 13 heteroatoms. The number of hydrogen-bond acceptors (Lipinski definition) is 9. The van der Waals surface area contributed by atoms with Crippen LogP contribution < -0.4 is 20.0 Å². The van der Waals surface area contributed by atoms with Crippen molar-refractivity contribution in [3.8, 4) is 0 Å². The minimum Gasteiger partial charge on any atom is -0.372 e. The molecule has 0 saturated carbocycles. The molecule has 3 atom stereocenters. The molecule has 6 rings (SSSR count). The second kappa shape index (κ2) is 12.3. The Morgan fingerprint density at radius 3 is 2.22 bits per heavy atom. The van der Waals surface area contributed by atoms with Gasteiger partial charge in [-0.2, -0.15) is 0 Å². The van der Waals surface area contributed by atoms with Gasteiger partial charge in [0, 0.05) is 47.4 Å². The van der Waals surface area contributed by atoms with Gasteiger partial charge in [0.15, 0.2) is 0 Å². The summed E-state index contributed by atoms with van der Waals surface area (Å²) < 4.78 is 1.38. The van der Waals surface area contributed by atoms with Crippen molar-refractivity contribution in [3.05, 3.63) is 109 Å². The van der Waals surface area contributed by atoms with Gasteiger partial charge in [0.1, 0.15) is 11.8 Å². The van der Waals surface area contributed by atoms with Gasteiger partial charge in [-0.3, -0.25) is 33.9 Å². The topological polar surface area (TPSA) is 135 Å². The summed E-state index contributed by atoms with van der Waals surface area (Å²) in [7, 11) is 0. The number of thiazole rings is 1. The van der Waals surface area contributed by atoms with E-state index in [9.17, 15) is 29.3 Å². The van der Waals surface area contributed by atoms with E-state index in [0.29, 0.717) is 15.6 Å². The van der Waals surface area contributed by atoms with E-state index in [1.54, 1.807) is 24.3 Å². The number of anilines is 3. The van der Waals surface area contributed by atoms with Crippen LogP contribution in [-0.2, 0) is 20.9 Å². The van der Waals surface area contributed by atoms with E-state index < -0.39 is 39.7 Å². The first-order valence-electron chi connectivity index (χ1n) is 14.4. The van der Waals surface area contributed by atoms with Crippen molar-refractivity contribution < 1.29 is 19.3 Å². The number of nitrogens with zero attached hydrogens (tertiary/aromatic N) is 4. The monoisotopic (exact) mass is 643 g/mol. The number of carbonyl (C=O) groups is 3. The van der Waals surface area contributed by atoms with Gasteiger partial charge < -0.3 is 10.2 Å². The van der Waals surface area contributed by atoms with Crippen LogP contribution in [0.4, 0.5) is 22.7 Å². The Morgan fingerprint density at radius 2 is 1.60 bits per heavy atom. The summed E-state index contributed by atoms with van der Waals surface area (Å²) in [6.45, 7) is 5.51. The third-order valence-electron chi connectivity index (χ3n) is 8.11. The standard InChI is InChI=1S/C32H29N5O6S2/c1-3-34(4-2)21-12-10-19(11-13-21)25-26-27(30(40)36(29(26)39)22-14-16-23(17-15-22)37(42)43)44-31-28(25)45-32(41)35(31)18-24(38)33-20-8-6-5-7-9-20/h5-17,25-27H,3-4,18H2,1-2H3,(H,33,38)/t25-,26?,27?/m1/s1. The molecule has 2 aliphatic rings. The first-order chi connectivity index (χ1) is 21.7. The molecule has 11 nitrogen and oxygen atoms in total. The van der Waals surface area contributed by atoms with Gasteiger partial charge in [-0.1, -0.05) is 53.4 Å². The molecular formula is C32H29N5O6S2. The molecule has 1 fully saturated rings. The third kappa shape index (κ3) is 5.53. The van der Waals surface area contributed by atoms with Crippen LogP contribution in [0.2, 0.25) is 0 Å². The van der Waals surface area contributed by atoms with Crippen LogP contribution in [0, 0.1) is 16.0 Å². The largest absolute Gasteiger partial charge is 0.372 e. The molecule has 3 aromatic carbocycles. The van der Waals surface area contributed by atoms with Crippen LogP contribution in [0.5, 0.6) is 0 Å². The van der Waals surface area contributed by atoms with Gasteiger partial charge in [-0.05, 0) is 55.8 Å². The summed E-state index contributed by atoms with van der Waals surface area (Å²) in [4.78, 5) is 68.7. The van der Waals surface area contributed by atoms with Crippen LogP contribution in [0.25, 0.3) is 0 Å². The predicted octanol–water partition coefficient (Wildman–Crippen LogP) is 5.10. The maximum Gasteiger partial charge on any atom is 0.308 e. The number of nitro groups is 1. The molecule has 230 valence electrons. The van der Waals surface area contributed by atoms with Crippen molar-refractivity contribution in [2.75, 3.05) is 28.2 Å². The van der Waals surface area contributed by atoms with Crippen molar-refractivity contribution in [2.45, 2.75) is 36.6 Å². The number of hydrogen-bond donors (Lipinski definition) is 1. The second-order valence-corrected chi connectivity index (χ2v) is 12.8. The molecule has 0 bridgehead atoms. The Hall–Kier alpha value is -4.75. The summed E-state index contributed by atoms with van der Waals surface area (Å²) in [6.07, 6.45) is 0. The van der Waals surface area contributed by atoms with Crippen molar-refractivity contribution >= 4 is 63.6 Å². The van der Waals surface area contributed by atoms with E-state index in [1.165, 1.54) is 28.8 Å². The Kier molecular flexibility index (Phi) is 8.30. The number of para-hydroxylation sites is 1. The zero-order valence-corrected chi connectivity index (χ0v) is 26.0. The summed E-state index contributed by atoms with van der Waals surface area (Å²) in [5.41, 5.74) is 2.46. The van der Waals surface area contributed by atoms with Crippen molar-refractivity contribution in [1.82, 2.24) is 4.57 Å².